The Labute approximate surface area is 200 Å². The second-order valence-corrected chi connectivity index (χ2v) is 9.47. The van der Waals surface area contributed by atoms with Crippen molar-refractivity contribution in [3.05, 3.63) is 90.0 Å². The topological polar surface area (TPSA) is 29.0 Å². The van der Waals surface area contributed by atoms with Crippen molar-refractivity contribution in [2.75, 3.05) is 4.90 Å². The van der Waals surface area contributed by atoms with Gasteiger partial charge in [-0.3, -0.25) is 4.98 Å². The van der Waals surface area contributed by atoms with Gasteiger partial charge in [0.25, 0.3) is 0 Å². The Morgan fingerprint density at radius 1 is 1.03 bits per heavy atom. The van der Waals surface area contributed by atoms with Gasteiger partial charge in [-0.1, -0.05) is 63.6 Å². The molecule has 2 heterocycles. The van der Waals surface area contributed by atoms with E-state index in [0.29, 0.717) is 5.92 Å². The first-order valence-electron chi connectivity index (χ1n) is 12.2. The van der Waals surface area contributed by atoms with Crippen LogP contribution in [0.4, 0.5) is 5.82 Å². The van der Waals surface area contributed by atoms with Crippen LogP contribution in [0, 0.1) is 18.8 Å². The predicted molar refractivity (Wildman–Crippen MR) is 139 cm³/mol. The second-order valence-electron chi connectivity index (χ2n) is 9.47. The Bertz CT molecular complexity index is 1070. The average Bonchev–Trinajstić information content (AvgIpc) is 2.85. The molecule has 0 saturated heterocycles. The summed E-state index contributed by atoms with van der Waals surface area (Å²) in [4.78, 5) is 11.4. The monoisotopic (exact) mass is 435 g/mol. The summed E-state index contributed by atoms with van der Waals surface area (Å²) < 4.78 is 0. The largest absolute Gasteiger partial charge is 0.332 e. The van der Waals surface area contributed by atoms with Crippen molar-refractivity contribution in [3.8, 4) is 11.1 Å². The van der Waals surface area contributed by atoms with E-state index in [1.807, 2.05) is 18.5 Å². The molecule has 0 N–H and O–H groups in total. The van der Waals surface area contributed by atoms with Crippen molar-refractivity contribution in [2.45, 2.75) is 58.8 Å². The number of anilines is 1. The molecule has 2 aromatic heterocycles. The first-order chi connectivity index (χ1) is 16.0. The number of aromatic nitrogens is 2. The molecule has 4 heteroatoms. The fraction of sp³-hybridized carbons (Fsp3) is 0.379. The van der Waals surface area contributed by atoms with Crippen molar-refractivity contribution in [3.63, 3.8) is 0 Å². The standard InChI is InChI=1S/C29H34BN3/c1-5-27-15-14-26(19-32-27)24-10-12-25(13-11-24)29(30)33(28-18-21(3)16-17-31-28)22(4)23-8-6-20(2)7-9-23/h10-20,23,29H,4-9H2,1-3H3. The summed E-state index contributed by atoms with van der Waals surface area (Å²) in [5.74, 6) is 1.76. The van der Waals surface area contributed by atoms with E-state index in [9.17, 15) is 0 Å². The fourth-order valence-corrected chi connectivity index (χ4v) is 4.74. The molecule has 0 bridgehead atoms. The van der Waals surface area contributed by atoms with Gasteiger partial charge in [0.15, 0.2) is 0 Å². The van der Waals surface area contributed by atoms with Crippen molar-refractivity contribution < 1.29 is 0 Å². The lowest BCUT2D eigenvalue weighted by atomic mass is 9.79. The van der Waals surface area contributed by atoms with Crippen molar-refractivity contribution in [2.24, 2.45) is 11.8 Å². The minimum absolute atomic E-state index is 0.346. The third kappa shape index (κ3) is 5.38. The molecule has 3 nitrogen and oxygen atoms in total. The maximum Gasteiger partial charge on any atom is 0.132 e. The van der Waals surface area contributed by atoms with Crippen LogP contribution in [0.5, 0.6) is 0 Å². The molecule has 1 fully saturated rings. The van der Waals surface area contributed by atoms with Crippen LogP contribution in [-0.2, 0) is 6.42 Å². The van der Waals surface area contributed by atoms with E-state index >= 15 is 0 Å². The van der Waals surface area contributed by atoms with Crippen LogP contribution in [0.25, 0.3) is 11.1 Å². The van der Waals surface area contributed by atoms with Crippen LogP contribution in [0.3, 0.4) is 0 Å². The SMILES string of the molecule is [B]C(c1ccc(-c2ccc(CC)nc2)cc1)N(C(=C)C1CCC(C)CC1)c1cc(C)ccn1. The molecule has 1 aromatic carbocycles. The maximum absolute atomic E-state index is 6.90. The van der Waals surface area contributed by atoms with Gasteiger partial charge < -0.3 is 4.90 Å². The smallest absolute Gasteiger partial charge is 0.132 e. The van der Waals surface area contributed by atoms with E-state index in [1.165, 1.54) is 18.4 Å². The molecule has 1 saturated carbocycles. The average molecular weight is 435 g/mol. The van der Waals surface area contributed by atoms with Crippen LogP contribution >= 0.6 is 0 Å². The summed E-state index contributed by atoms with van der Waals surface area (Å²) in [7, 11) is 6.90. The molecule has 4 rings (SSSR count). The Balaban J connectivity index is 1.61. The molecule has 1 unspecified atom stereocenters. The van der Waals surface area contributed by atoms with Crippen LogP contribution in [0.1, 0.15) is 62.3 Å². The van der Waals surface area contributed by atoms with Gasteiger partial charge >= 0.3 is 0 Å². The van der Waals surface area contributed by atoms with Crippen molar-refractivity contribution >= 4 is 13.7 Å². The lowest BCUT2D eigenvalue weighted by Gasteiger charge is -2.38. The van der Waals surface area contributed by atoms with E-state index < -0.39 is 0 Å². The zero-order chi connectivity index (χ0) is 23.4. The number of allylic oxidation sites excluding steroid dienone is 1. The fourth-order valence-electron chi connectivity index (χ4n) is 4.74. The summed E-state index contributed by atoms with van der Waals surface area (Å²) in [6.07, 6.45) is 9.56. The van der Waals surface area contributed by atoms with E-state index in [4.69, 9.17) is 7.85 Å². The molecular weight excluding hydrogens is 401 g/mol. The molecule has 1 aliphatic carbocycles. The number of hydrogen-bond acceptors (Lipinski definition) is 3. The third-order valence-electron chi connectivity index (χ3n) is 7.00. The molecule has 1 aliphatic rings. The van der Waals surface area contributed by atoms with Gasteiger partial charge in [0, 0.05) is 35.3 Å². The van der Waals surface area contributed by atoms with Crippen LogP contribution < -0.4 is 4.90 Å². The molecule has 0 spiro atoms. The number of nitrogens with zero attached hydrogens (tertiary/aromatic N) is 3. The third-order valence-corrected chi connectivity index (χ3v) is 7.00. The number of rotatable bonds is 7. The Morgan fingerprint density at radius 2 is 1.73 bits per heavy atom. The summed E-state index contributed by atoms with van der Waals surface area (Å²) >= 11 is 0. The van der Waals surface area contributed by atoms with E-state index in [0.717, 1.165) is 59.1 Å². The van der Waals surface area contributed by atoms with Crippen LogP contribution in [0.2, 0.25) is 0 Å². The van der Waals surface area contributed by atoms with Gasteiger partial charge in [-0.15, -0.1) is 0 Å². The molecular formula is C29H34BN3. The van der Waals surface area contributed by atoms with Gasteiger partial charge in [0.05, 0.1) is 0 Å². The lowest BCUT2D eigenvalue weighted by molar-refractivity contribution is 0.316. The lowest BCUT2D eigenvalue weighted by Crippen LogP contribution is -2.33. The Kier molecular flexibility index (Phi) is 7.32. The number of benzene rings is 1. The summed E-state index contributed by atoms with van der Waals surface area (Å²) in [6, 6.07) is 16.8. The Morgan fingerprint density at radius 3 is 2.33 bits per heavy atom. The van der Waals surface area contributed by atoms with Crippen molar-refractivity contribution in [1.29, 1.82) is 0 Å². The molecule has 1 atom stereocenters. The molecule has 0 aliphatic heterocycles. The Hall–Kier alpha value is -2.88. The molecule has 0 amide bonds. The molecule has 168 valence electrons. The van der Waals surface area contributed by atoms with E-state index in [2.05, 4.69) is 84.7 Å². The van der Waals surface area contributed by atoms with Gasteiger partial charge in [-0.25, -0.2) is 4.98 Å². The number of hydrogen-bond donors (Lipinski definition) is 0. The number of pyridine rings is 2. The summed E-state index contributed by atoms with van der Waals surface area (Å²) in [5, 5.41) is 0. The normalized spacial score (nSPS) is 19.1. The van der Waals surface area contributed by atoms with E-state index in [1.54, 1.807) is 0 Å². The van der Waals surface area contributed by atoms with Crippen molar-refractivity contribution in [1.82, 2.24) is 9.97 Å². The van der Waals surface area contributed by atoms with E-state index in [-0.39, 0.29) is 5.94 Å². The van der Waals surface area contributed by atoms with Gasteiger partial charge in [-0.2, -0.15) is 0 Å². The quantitative estimate of drug-likeness (QED) is 0.373. The van der Waals surface area contributed by atoms with Gasteiger partial charge in [0.2, 0.25) is 0 Å². The van der Waals surface area contributed by atoms with Gasteiger partial charge in [-0.05, 0) is 72.9 Å². The predicted octanol–water partition coefficient (Wildman–Crippen LogP) is 7.03. The maximum atomic E-state index is 6.90. The van der Waals surface area contributed by atoms with Gasteiger partial charge in [0.1, 0.15) is 13.7 Å². The summed E-state index contributed by atoms with van der Waals surface area (Å²) in [5.41, 5.74) is 6.66. The van der Waals surface area contributed by atoms with Crippen LogP contribution in [0.15, 0.2) is 73.2 Å². The summed E-state index contributed by atoms with van der Waals surface area (Å²) in [6.45, 7) is 11.1. The minimum atomic E-state index is -0.346. The molecule has 2 radical (unpaired) electrons. The molecule has 3 aromatic rings. The van der Waals surface area contributed by atoms with Crippen LogP contribution in [-0.4, -0.2) is 17.8 Å². The zero-order valence-electron chi connectivity index (χ0n) is 20.2. The number of aryl methyl sites for hydroxylation is 2. The minimum Gasteiger partial charge on any atom is -0.332 e. The zero-order valence-corrected chi connectivity index (χ0v) is 20.2. The first-order valence-corrected chi connectivity index (χ1v) is 12.2. The second kappa shape index (κ2) is 10.4. The highest BCUT2D eigenvalue weighted by atomic mass is 15.2. The highest BCUT2D eigenvalue weighted by Crippen LogP contribution is 2.38. The molecule has 33 heavy (non-hydrogen) atoms. The highest BCUT2D eigenvalue weighted by molar-refractivity contribution is 6.14. The first kappa shape index (κ1) is 23.3. The highest BCUT2D eigenvalue weighted by Gasteiger charge is 2.28.